The third kappa shape index (κ3) is 2.41. The van der Waals surface area contributed by atoms with Crippen molar-refractivity contribution in [1.29, 1.82) is 0 Å². The number of hydrogen-bond acceptors (Lipinski definition) is 5. The summed E-state index contributed by atoms with van der Waals surface area (Å²) in [5, 5.41) is 13.0. The number of rotatable bonds is 3. The Morgan fingerprint density at radius 1 is 1.61 bits per heavy atom. The average Bonchev–Trinajstić information content (AvgIpc) is 3.05. The van der Waals surface area contributed by atoms with Gasteiger partial charge in [-0.05, 0) is 23.4 Å². The van der Waals surface area contributed by atoms with E-state index in [1.807, 2.05) is 4.90 Å². The van der Waals surface area contributed by atoms with Crippen LogP contribution in [0.5, 0.6) is 0 Å². The average molecular weight is 280 g/mol. The number of fused-ring (bicyclic) bond motifs is 1. The molecule has 0 unspecified atom stereocenters. The molecule has 1 aliphatic rings. The second kappa shape index (κ2) is 5.11. The number of nitrogens with one attached hydrogen (secondary N) is 1. The summed E-state index contributed by atoms with van der Waals surface area (Å²) >= 11 is 3.20. The zero-order chi connectivity index (χ0) is 12.4. The standard InChI is InChI=1S/C11H12N4OS2/c16-11(7-18-10-5-12-14-13-10)15-3-1-9-8(6-15)2-4-17-9/h2,4-5H,1,3,6-7H2,(H,12,13,14). The molecule has 2 aromatic heterocycles. The van der Waals surface area contributed by atoms with Gasteiger partial charge in [0.1, 0.15) is 5.03 Å². The normalized spacial score (nSPS) is 14.6. The number of carbonyl (C=O) groups is 1. The van der Waals surface area contributed by atoms with Crippen LogP contribution in [0.15, 0.2) is 22.7 Å². The Morgan fingerprint density at radius 2 is 2.56 bits per heavy atom. The molecule has 0 radical (unpaired) electrons. The number of aromatic amines is 1. The highest BCUT2D eigenvalue weighted by Gasteiger charge is 2.21. The number of thioether (sulfide) groups is 1. The highest BCUT2D eigenvalue weighted by molar-refractivity contribution is 7.99. The molecule has 0 fully saturated rings. The van der Waals surface area contributed by atoms with Gasteiger partial charge in [0.15, 0.2) is 0 Å². The van der Waals surface area contributed by atoms with E-state index in [0.717, 1.165) is 24.5 Å². The van der Waals surface area contributed by atoms with Crippen molar-refractivity contribution in [3.8, 4) is 0 Å². The number of amides is 1. The van der Waals surface area contributed by atoms with Gasteiger partial charge in [0.25, 0.3) is 0 Å². The number of nitrogens with zero attached hydrogens (tertiary/aromatic N) is 3. The molecule has 1 amide bonds. The molecule has 1 aliphatic heterocycles. The van der Waals surface area contributed by atoms with Gasteiger partial charge in [0.2, 0.25) is 5.91 Å². The van der Waals surface area contributed by atoms with Crippen molar-refractivity contribution in [1.82, 2.24) is 20.3 Å². The molecule has 2 aromatic rings. The van der Waals surface area contributed by atoms with Crippen LogP contribution in [-0.2, 0) is 17.8 Å². The highest BCUT2D eigenvalue weighted by Crippen LogP contribution is 2.24. The second-order valence-electron chi connectivity index (χ2n) is 4.03. The lowest BCUT2D eigenvalue weighted by Crippen LogP contribution is -2.36. The van der Waals surface area contributed by atoms with E-state index in [1.165, 1.54) is 22.2 Å². The minimum absolute atomic E-state index is 0.167. The monoisotopic (exact) mass is 280 g/mol. The molecule has 0 saturated heterocycles. The van der Waals surface area contributed by atoms with Gasteiger partial charge in [0, 0.05) is 18.0 Å². The molecule has 1 N–H and O–H groups in total. The maximum absolute atomic E-state index is 12.1. The Bertz CT molecular complexity index is 537. The third-order valence-corrected chi connectivity index (χ3v) is 4.80. The van der Waals surface area contributed by atoms with Crippen molar-refractivity contribution in [2.75, 3.05) is 12.3 Å². The fourth-order valence-corrected chi connectivity index (χ4v) is 3.53. The van der Waals surface area contributed by atoms with Crippen LogP contribution in [0, 0.1) is 0 Å². The Labute approximate surface area is 113 Å². The molecular formula is C11H12N4OS2. The number of H-pyrrole nitrogens is 1. The smallest absolute Gasteiger partial charge is 0.233 e. The summed E-state index contributed by atoms with van der Waals surface area (Å²) in [5.41, 5.74) is 1.30. The zero-order valence-electron chi connectivity index (χ0n) is 9.63. The molecule has 0 aliphatic carbocycles. The van der Waals surface area contributed by atoms with Gasteiger partial charge < -0.3 is 4.90 Å². The molecule has 0 atom stereocenters. The Morgan fingerprint density at radius 3 is 3.39 bits per heavy atom. The molecule has 0 bridgehead atoms. The van der Waals surface area contributed by atoms with Gasteiger partial charge in [-0.3, -0.25) is 4.79 Å². The van der Waals surface area contributed by atoms with E-state index in [9.17, 15) is 4.79 Å². The zero-order valence-corrected chi connectivity index (χ0v) is 11.3. The first kappa shape index (κ1) is 11.7. The quantitative estimate of drug-likeness (QED) is 0.866. The van der Waals surface area contributed by atoms with Crippen molar-refractivity contribution >= 4 is 29.0 Å². The fraction of sp³-hybridized carbons (Fsp3) is 0.364. The van der Waals surface area contributed by atoms with E-state index in [0.29, 0.717) is 5.75 Å². The molecule has 0 spiro atoms. The summed E-state index contributed by atoms with van der Waals surface area (Å²) in [6.07, 6.45) is 2.61. The predicted octanol–water partition coefficient (Wildman–Crippen LogP) is 1.54. The Balaban J connectivity index is 1.57. The van der Waals surface area contributed by atoms with Gasteiger partial charge in [-0.2, -0.15) is 10.3 Å². The summed E-state index contributed by atoms with van der Waals surface area (Å²) in [5.74, 6) is 0.589. The van der Waals surface area contributed by atoms with Gasteiger partial charge in [0.05, 0.1) is 11.9 Å². The minimum atomic E-state index is 0.167. The van der Waals surface area contributed by atoms with Crippen molar-refractivity contribution in [3.05, 3.63) is 28.1 Å². The van der Waals surface area contributed by atoms with E-state index < -0.39 is 0 Å². The van der Waals surface area contributed by atoms with Crippen LogP contribution in [0.25, 0.3) is 0 Å². The molecule has 7 heteroatoms. The van der Waals surface area contributed by atoms with E-state index >= 15 is 0 Å². The molecule has 0 saturated carbocycles. The van der Waals surface area contributed by atoms with Crippen LogP contribution in [0.2, 0.25) is 0 Å². The van der Waals surface area contributed by atoms with Crippen LogP contribution in [-0.4, -0.2) is 38.5 Å². The van der Waals surface area contributed by atoms with Gasteiger partial charge in [-0.15, -0.1) is 16.4 Å². The van der Waals surface area contributed by atoms with Crippen LogP contribution in [0.1, 0.15) is 10.4 Å². The van der Waals surface area contributed by atoms with Gasteiger partial charge in [-0.1, -0.05) is 11.8 Å². The summed E-state index contributed by atoms with van der Waals surface area (Å²) in [7, 11) is 0. The lowest BCUT2D eigenvalue weighted by atomic mass is 10.1. The fourth-order valence-electron chi connectivity index (χ4n) is 1.95. The number of thiophene rings is 1. The lowest BCUT2D eigenvalue weighted by Gasteiger charge is -2.26. The van der Waals surface area contributed by atoms with E-state index in [-0.39, 0.29) is 5.91 Å². The SMILES string of the molecule is O=C(CSc1cn[nH]n1)N1CCc2sccc2C1. The first-order chi connectivity index (χ1) is 8.83. The largest absolute Gasteiger partial charge is 0.337 e. The van der Waals surface area contributed by atoms with Crippen molar-refractivity contribution in [3.63, 3.8) is 0 Å². The number of hydrogen-bond donors (Lipinski definition) is 1. The molecule has 18 heavy (non-hydrogen) atoms. The molecular weight excluding hydrogens is 268 g/mol. The first-order valence-corrected chi connectivity index (χ1v) is 7.51. The predicted molar refractivity (Wildman–Crippen MR) is 70.5 cm³/mol. The van der Waals surface area contributed by atoms with Crippen LogP contribution < -0.4 is 0 Å². The van der Waals surface area contributed by atoms with E-state index in [1.54, 1.807) is 17.5 Å². The molecule has 3 rings (SSSR count). The van der Waals surface area contributed by atoms with Gasteiger partial charge >= 0.3 is 0 Å². The van der Waals surface area contributed by atoms with E-state index in [4.69, 9.17) is 0 Å². The molecule has 0 aromatic carbocycles. The maximum atomic E-state index is 12.1. The Hall–Kier alpha value is -1.34. The van der Waals surface area contributed by atoms with Crippen molar-refractivity contribution in [2.24, 2.45) is 0 Å². The molecule has 5 nitrogen and oxygen atoms in total. The van der Waals surface area contributed by atoms with Crippen molar-refractivity contribution < 1.29 is 4.79 Å². The van der Waals surface area contributed by atoms with Crippen LogP contribution in [0.4, 0.5) is 0 Å². The summed E-state index contributed by atoms with van der Waals surface area (Å²) in [6, 6.07) is 2.12. The van der Waals surface area contributed by atoms with E-state index in [2.05, 4.69) is 26.9 Å². The van der Waals surface area contributed by atoms with Crippen LogP contribution in [0.3, 0.4) is 0 Å². The first-order valence-electron chi connectivity index (χ1n) is 5.64. The second-order valence-corrected chi connectivity index (χ2v) is 6.03. The topological polar surface area (TPSA) is 61.9 Å². The van der Waals surface area contributed by atoms with Crippen LogP contribution >= 0.6 is 23.1 Å². The summed E-state index contributed by atoms with van der Waals surface area (Å²) in [4.78, 5) is 15.4. The molecule has 3 heterocycles. The number of carbonyl (C=O) groups excluding carboxylic acids is 1. The highest BCUT2D eigenvalue weighted by atomic mass is 32.2. The third-order valence-electron chi connectivity index (χ3n) is 2.90. The maximum Gasteiger partial charge on any atom is 0.233 e. The lowest BCUT2D eigenvalue weighted by molar-refractivity contribution is -0.129. The minimum Gasteiger partial charge on any atom is -0.337 e. The Kier molecular flexibility index (Phi) is 3.33. The molecule has 94 valence electrons. The number of aromatic nitrogens is 3. The van der Waals surface area contributed by atoms with Crippen molar-refractivity contribution in [2.45, 2.75) is 18.0 Å². The summed E-state index contributed by atoms with van der Waals surface area (Å²) < 4.78 is 0. The van der Waals surface area contributed by atoms with Gasteiger partial charge in [-0.25, -0.2) is 0 Å². The summed E-state index contributed by atoms with van der Waals surface area (Å²) in [6.45, 7) is 1.57.